The molecule has 0 aliphatic carbocycles. The second kappa shape index (κ2) is 6.41. The van der Waals surface area contributed by atoms with Crippen LogP contribution in [0.25, 0.3) is 6.08 Å². The summed E-state index contributed by atoms with van der Waals surface area (Å²) in [5.41, 5.74) is 1.24. The second-order valence-electron chi connectivity index (χ2n) is 4.51. The van der Waals surface area contributed by atoms with E-state index in [1.807, 2.05) is 18.4 Å². The van der Waals surface area contributed by atoms with E-state index in [2.05, 4.69) is 5.32 Å². The molecule has 0 aromatic carbocycles. The molecule has 0 aliphatic rings. The Bertz CT molecular complexity index is 696. The first kappa shape index (κ1) is 15.1. The predicted octanol–water partition coefficient (Wildman–Crippen LogP) is 2.99. The number of furan rings is 1. The molecule has 2 aromatic rings. The zero-order chi connectivity index (χ0) is 15.4. The van der Waals surface area contributed by atoms with Gasteiger partial charge in [0.15, 0.2) is 0 Å². The molecule has 2 heterocycles. The lowest BCUT2D eigenvalue weighted by molar-refractivity contribution is -0.116. The number of carboxylic acid groups (broad SMARTS) is 1. The van der Waals surface area contributed by atoms with Crippen LogP contribution in [0.2, 0.25) is 0 Å². The van der Waals surface area contributed by atoms with E-state index in [0.717, 1.165) is 10.4 Å². The summed E-state index contributed by atoms with van der Waals surface area (Å²) in [6.45, 7) is 3.71. The van der Waals surface area contributed by atoms with Gasteiger partial charge < -0.3 is 14.8 Å². The van der Waals surface area contributed by atoms with Crippen LogP contribution >= 0.6 is 11.3 Å². The Hall–Kier alpha value is -2.34. The maximum absolute atomic E-state index is 11.7. The molecular formula is C15H15NO4S. The molecule has 1 amide bonds. The van der Waals surface area contributed by atoms with Crippen LogP contribution in [0.5, 0.6) is 0 Å². The van der Waals surface area contributed by atoms with Gasteiger partial charge in [-0.15, -0.1) is 11.3 Å². The lowest BCUT2D eigenvalue weighted by Gasteiger charge is -1.98. The highest BCUT2D eigenvalue weighted by Crippen LogP contribution is 2.17. The smallest absolute Gasteiger partial charge is 0.339 e. The molecule has 0 aliphatic heterocycles. The number of hydrogen-bond acceptors (Lipinski definition) is 4. The first-order valence-corrected chi connectivity index (χ1v) is 7.18. The fraction of sp³-hybridized carbons (Fsp3) is 0.200. The number of rotatable bonds is 5. The highest BCUT2D eigenvalue weighted by atomic mass is 32.1. The Morgan fingerprint density at radius 2 is 2.19 bits per heavy atom. The van der Waals surface area contributed by atoms with Crippen molar-refractivity contribution < 1.29 is 19.1 Å². The maximum Gasteiger partial charge on any atom is 0.339 e. The van der Waals surface area contributed by atoms with E-state index >= 15 is 0 Å². The number of carbonyl (C=O) groups excluding carboxylic acids is 1. The third-order valence-electron chi connectivity index (χ3n) is 2.92. The Labute approximate surface area is 125 Å². The summed E-state index contributed by atoms with van der Waals surface area (Å²) >= 11 is 1.56. The fourth-order valence-electron chi connectivity index (χ4n) is 1.78. The van der Waals surface area contributed by atoms with Gasteiger partial charge in [-0.25, -0.2) is 4.79 Å². The van der Waals surface area contributed by atoms with Gasteiger partial charge >= 0.3 is 5.97 Å². The minimum absolute atomic E-state index is 0.115. The fourth-order valence-corrected chi connectivity index (χ4v) is 2.60. The van der Waals surface area contributed by atoms with Crippen LogP contribution in [-0.4, -0.2) is 17.0 Å². The van der Waals surface area contributed by atoms with Crippen molar-refractivity contribution in [1.82, 2.24) is 5.32 Å². The minimum atomic E-state index is -1.04. The van der Waals surface area contributed by atoms with Gasteiger partial charge in [0.25, 0.3) is 0 Å². The van der Waals surface area contributed by atoms with Gasteiger partial charge in [-0.3, -0.25) is 4.79 Å². The van der Waals surface area contributed by atoms with Crippen molar-refractivity contribution in [1.29, 1.82) is 0 Å². The molecule has 6 heteroatoms. The normalized spacial score (nSPS) is 11.0. The van der Waals surface area contributed by atoms with Crippen molar-refractivity contribution in [2.75, 3.05) is 0 Å². The molecule has 21 heavy (non-hydrogen) atoms. The molecule has 0 saturated heterocycles. The average Bonchev–Trinajstić information content (AvgIpc) is 3.00. The molecule has 2 rings (SSSR count). The molecule has 0 saturated carbocycles. The summed E-state index contributed by atoms with van der Waals surface area (Å²) in [7, 11) is 0. The number of carboxylic acids is 1. The molecule has 0 atom stereocenters. The lowest BCUT2D eigenvalue weighted by Crippen LogP contribution is -2.19. The summed E-state index contributed by atoms with van der Waals surface area (Å²) in [6, 6.07) is 3.41. The standard InChI is InChI=1S/C15H15NO4S/c1-9-5-6-21-13(9)3-4-14(17)16-8-11-7-12(15(18)19)10(2)20-11/h3-7H,8H2,1-2H3,(H,16,17)(H,18,19)/b4-3+. The van der Waals surface area contributed by atoms with Gasteiger partial charge in [0.05, 0.1) is 6.54 Å². The molecule has 0 fully saturated rings. The molecule has 110 valence electrons. The number of aromatic carboxylic acids is 1. The van der Waals surface area contributed by atoms with E-state index in [9.17, 15) is 9.59 Å². The largest absolute Gasteiger partial charge is 0.478 e. The number of hydrogen-bond donors (Lipinski definition) is 2. The van der Waals surface area contributed by atoms with E-state index in [1.54, 1.807) is 24.3 Å². The van der Waals surface area contributed by atoms with Crippen molar-refractivity contribution in [3.05, 3.63) is 51.1 Å². The molecule has 2 N–H and O–H groups in total. The molecular weight excluding hydrogens is 290 g/mol. The van der Waals surface area contributed by atoms with Gasteiger partial charge in [0.2, 0.25) is 5.91 Å². The maximum atomic E-state index is 11.7. The number of nitrogens with one attached hydrogen (secondary N) is 1. The summed E-state index contributed by atoms with van der Waals surface area (Å²) in [4.78, 5) is 23.6. The third-order valence-corrected chi connectivity index (χ3v) is 3.91. The zero-order valence-corrected chi connectivity index (χ0v) is 12.5. The Balaban J connectivity index is 1.92. The van der Waals surface area contributed by atoms with E-state index < -0.39 is 5.97 Å². The number of aryl methyl sites for hydroxylation is 2. The molecule has 5 nitrogen and oxygen atoms in total. The van der Waals surface area contributed by atoms with E-state index in [-0.39, 0.29) is 18.0 Å². The Morgan fingerprint density at radius 1 is 1.43 bits per heavy atom. The first-order chi connectivity index (χ1) is 9.97. The highest BCUT2D eigenvalue weighted by Gasteiger charge is 2.13. The summed E-state index contributed by atoms with van der Waals surface area (Å²) in [5, 5.41) is 13.5. The van der Waals surface area contributed by atoms with Crippen LogP contribution < -0.4 is 5.32 Å². The topological polar surface area (TPSA) is 79.5 Å². The molecule has 2 aromatic heterocycles. The molecule has 0 radical (unpaired) electrons. The number of thiophene rings is 1. The molecule has 0 unspecified atom stereocenters. The first-order valence-electron chi connectivity index (χ1n) is 6.30. The highest BCUT2D eigenvalue weighted by molar-refractivity contribution is 7.11. The van der Waals surface area contributed by atoms with Crippen LogP contribution in [-0.2, 0) is 11.3 Å². The van der Waals surface area contributed by atoms with Crippen molar-refractivity contribution in [2.45, 2.75) is 20.4 Å². The minimum Gasteiger partial charge on any atom is -0.478 e. The molecule has 0 bridgehead atoms. The van der Waals surface area contributed by atoms with Crippen LogP contribution in [0.3, 0.4) is 0 Å². The van der Waals surface area contributed by atoms with Gasteiger partial charge in [-0.05, 0) is 43.0 Å². The van der Waals surface area contributed by atoms with Crippen molar-refractivity contribution in [3.63, 3.8) is 0 Å². The Morgan fingerprint density at radius 3 is 2.76 bits per heavy atom. The van der Waals surface area contributed by atoms with E-state index in [0.29, 0.717) is 11.5 Å². The van der Waals surface area contributed by atoms with Gasteiger partial charge in [0.1, 0.15) is 17.1 Å². The van der Waals surface area contributed by atoms with Crippen LogP contribution in [0, 0.1) is 13.8 Å². The van der Waals surface area contributed by atoms with Crippen molar-refractivity contribution in [2.24, 2.45) is 0 Å². The third kappa shape index (κ3) is 3.82. The van der Waals surface area contributed by atoms with E-state index in [1.165, 1.54) is 12.1 Å². The van der Waals surface area contributed by atoms with E-state index in [4.69, 9.17) is 9.52 Å². The number of amides is 1. The van der Waals surface area contributed by atoms with Crippen molar-refractivity contribution >= 4 is 29.3 Å². The van der Waals surface area contributed by atoms with Crippen LogP contribution in [0.1, 0.15) is 32.3 Å². The van der Waals surface area contributed by atoms with Crippen LogP contribution in [0.4, 0.5) is 0 Å². The van der Waals surface area contributed by atoms with Gasteiger partial charge in [-0.2, -0.15) is 0 Å². The average molecular weight is 305 g/mol. The van der Waals surface area contributed by atoms with Gasteiger partial charge in [-0.1, -0.05) is 0 Å². The Kier molecular flexibility index (Phi) is 4.59. The SMILES string of the molecule is Cc1ccsc1/C=C/C(=O)NCc1cc(C(=O)O)c(C)o1. The predicted molar refractivity (Wildman–Crippen MR) is 80.3 cm³/mol. The quantitative estimate of drug-likeness (QED) is 0.832. The van der Waals surface area contributed by atoms with Crippen molar-refractivity contribution in [3.8, 4) is 0 Å². The second-order valence-corrected chi connectivity index (χ2v) is 5.45. The van der Waals surface area contributed by atoms with Gasteiger partial charge in [0, 0.05) is 11.0 Å². The summed E-state index contributed by atoms with van der Waals surface area (Å²) in [5.74, 6) is -0.550. The molecule has 0 spiro atoms. The summed E-state index contributed by atoms with van der Waals surface area (Å²) < 4.78 is 5.28. The zero-order valence-electron chi connectivity index (χ0n) is 11.7. The number of carbonyl (C=O) groups is 2. The summed E-state index contributed by atoms with van der Waals surface area (Å²) in [6.07, 6.45) is 3.21. The monoisotopic (exact) mass is 305 g/mol. The van der Waals surface area contributed by atoms with Crippen LogP contribution in [0.15, 0.2) is 28.0 Å². The lowest BCUT2D eigenvalue weighted by atomic mass is 10.2.